The van der Waals surface area contributed by atoms with E-state index >= 15 is 0 Å². The Morgan fingerprint density at radius 2 is 1.48 bits per heavy atom. The number of nitrogens with zero attached hydrogens (tertiary/aromatic N) is 3. The van der Waals surface area contributed by atoms with Crippen molar-refractivity contribution in [3.63, 3.8) is 0 Å². The van der Waals surface area contributed by atoms with Crippen LogP contribution < -0.4 is 5.32 Å². The molecule has 1 aliphatic rings. The molecule has 2 aromatic rings. The number of hydrogen-bond acceptors (Lipinski definition) is 11. The second-order valence-corrected chi connectivity index (χ2v) is 9.61. The van der Waals surface area contributed by atoms with Crippen LogP contribution in [0.1, 0.15) is 31.4 Å². The number of alkyl halides is 1. The molecule has 15 nitrogen and oxygen atoms in total. The molecule has 0 aliphatic carbocycles. The largest absolute Gasteiger partial charge is 0.466 e. The summed E-state index contributed by atoms with van der Waals surface area (Å²) in [6.07, 6.45) is -0.884. The third-order valence-corrected chi connectivity index (χ3v) is 6.85. The Bertz CT molecular complexity index is 1370. The van der Waals surface area contributed by atoms with Crippen molar-refractivity contribution < 1.29 is 43.2 Å². The number of esters is 2. The number of carbonyl (C=O) groups is 4. The van der Waals surface area contributed by atoms with Crippen molar-refractivity contribution in [1.29, 1.82) is 0 Å². The average Bonchev–Trinajstić information content (AvgIpc) is 2.94. The predicted octanol–water partition coefficient (Wildman–Crippen LogP) is 3.21. The summed E-state index contributed by atoms with van der Waals surface area (Å²) in [5.41, 5.74) is -1.81. The molecule has 0 bridgehead atoms. The van der Waals surface area contributed by atoms with Crippen molar-refractivity contribution in [3.8, 4) is 0 Å². The number of β-lactam (4-membered cyclic amide) rings is 1. The van der Waals surface area contributed by atoms with Gasteiger partial charge in [0.25, 0.3) is 11.4 Å². The van der Waals surface area contributed by atoms with Crippen LogP contribution in [0, 0.1) is 26.1 Å². The second-order valence-electron chi connectivity index (χ2n) is 9.19. The zero-order chi connectivity index (χ0) is 31.0. The zero-order valence-electron chi connectivity index (χ0n) is 22.5. The van der Waals surface area contributed by atoms with E-state index in [0.717, 1.165) is 4.90 Å². The van der Waals surface area contributed by atoms with Gasteiger partial charge in [0.05, 0.1) is 39.5 Å². The third-order valence-electron chi connectivity index (χ3n) is 6.46. The van der Waals surface area contributed by atoms with E-state index in [9.17, 15) is 39.4 Å². The van der Waals surface area contributed by atoms with E-state index in [-0.39, 0.29) is 35.5 Å². The Hall–Kier alpha value is -4.79. The molecule has 0 radical (unpaired) electrons. The minimum absolute atomic E-state index is 0.0634. The Labute approximate surface area is 243 Å². The number of nitrogens with one attached hydrogen (secondary N) is 1. The minimum Gasteiger partial charge on any atom is -0.466 e. The van der Waals surface area contributed by atoms with Crippen LogP contribution in [-0.4, -0.2) is 62.9 Å². The number of hydrogen-bond donors (Lipinski definition) is 1. The maximum Gasteiger partial charge on any atom is 0.407 e. The summed E-state index contributed by atoms with van der Waals surface area (Å²) in [6.45, 7) is 1.73. The summed E-state index contributed by atoms with van der Waals surface area (Å²) in [4.78, 5) is 71.7. The highest BCUT2D eigenvalue weighted by Crippen LogP contribution is 2.36. The van der Waals surface area contributed by atoms with Crippen LogP contribution in [0.4, 0.5) is 16.2 Å². The number of likely N-dealkylation sites (tertiary alicyclic amines) is 1. The van der Waals surface area contributed by atoms with Crippen LogP contribution in [0.25, 0.3) is 0 Å². The fourth-order valence-corrected chi connectivity index (χ4v) is 4.78. The van der Waals surface area contributed by atoms with Gasteiger partial charge in [-0.3, -0.25) is 29.8 Å². The van der Waals surface area contributed by atoms with Gasteiger partial charge < -0.3 is 24.4 Å². The molecule has 16 heteroatoms. The number of alkyl carbamates (subject to hydrolysis) is 1. The van der Waals surface area contributed by atoms with Gasteiger partial charge in [0, 0.05) is 31.5 Å². The van der Waals surface area contributed by atoms with Crippen LogP contribution in [0.5, 0.6) is 0 Å². The highest BCUT2D eigenvalue weighted by molar-refractivity contribution is 6.30. The lowest BCUT2D eigenvalue weighted by atomic mass is 9.80. The van der Waals surface area contributed by atoms with Crippen LogP contribution in [0.2, 0.25) is 0 Å². The standard InChI is InChI=1S/C26H27ClN4O11/c1-15(28-26(35)42-14-18-8-4-6-10-20(18)31(38)39)22-21(11-12-40-16(2)32)29(24(22)33)23(27)25(34)41-13-17-7-3-5-9-19(17)30(36)37/h3-10,15,21-23H,11-14H2,1-2H3,(H,28,35). The molecule has 4 unspecified atom stereocenters. The molecule has 3 rings (SSSR count). The van der Waals surface area contributed by atoms with Gasteiger partial charge >= 0.3 is 18.0 Å². The Kier molecular flexibility index (Phi) is 10.7. The number of carbonyl (C=O) groups excluding carboxylic acids is 4. The smallest absolute Gasteiger partial charge is 0.407 e. The molecule has 1 saturated heterocycles. The van der Waals surface area contributed by atoms with Gasteiger partial charge in [-0.05, 0) is 19.1 Å². The number of amides is 2. The van der Waals surface area contributed by atoms with Crippen LogP contribution >= 0.6 is 11.6 Å². The Morgan fingerprint density at radius 1 is 0.952 bits per heavy atom. The Balaban J connectivity index is 1.65. The van der Waals surface area contributed by atoms with E-state index in [0.29, 0.717) is 0 Å². The molecule has 4 atom stereocenters. The van der Waals surface area contributed by atoms with Crippen molar-refractivity contribution in [2.24, 2.45) is 5.92 Å². The molecule has 0 spiro atoms. The molecule has 224 valence electrons. The molecule has 42 heavy (non-hydrogen) atoms. The predicted molar refractivity (Wildman–Crippen MR) is 144 cm³/mol. The van der Waals surface area contributed by atoms with E-state index in [2.05, 4.69) is 5.32 Å². The number of benzene rings is 2. The monoisotopic (exact) mass is 606 g/mol. The normalized spacial score (nSPS) is 17.3. The summed E-state index contributed by atoms with van der Waals surface area (Å²) in [5.74, 6) is -3.12. The third kappa shape index (κ3) is 7.69. The molecule has 0 aromatic heterocycles. The van der Waals surface area contributed by atoms with Crippen molar-refractivity contribution in [1.82, 2.24) is 10.2 Å². The van der Waals surface area contributed by atoms with Crippen LogP contribution in [0.3, 0.4) is 0 Å². The molecule has 1 aliphatic heterocycles. The first kappa shape index (κ1) is 31.7. The first-order chi connectivity index (χ1) is 19.9. The SMILES string of the molecule is CC(=O)OCCC1C(C(C)NC(=O)OCc2ccccc2[N+](=O)[O-])C(=O)N1C(Cl)C(=O)OCc1ccccc1[N+](=O)[O-]. The van der Waals surface area contributed by atoms with Gasteiger partial charge in [-0.15, -0.1) is 0 Å². The van der Waals surface area contributed by atoms with Crippen LogP contribution in [-0.2, 0) is 41.8 Å². The first-order valence-electron chi connectivity index (χ1n) is 12.6. The molecule has 1 heterocycles. The van der Waals surface area contributed by atoms with E-state index in [1.54, 1.807) is 6.07 Å². The number of para-hydroxylation sites is 2. The first-order valence-corrected chi connectivity index (χ1v) is 13.0. The summed E-state index contributed by atoms with van der Waals surface area (Å²) >= 11 is 6.29. The van der Waals surface area contributed by atoms with Gasteiger partial charge in [0.1, 0.15) is 13.2 Å². The minimum atomic E-state index is -1.61. The second kappa shape index (κ2) is 14.2. The highest BCUT2D eigenvalue weighted by atomic mass is 35.5. The lowest BCUT2D eigenvalue weighted by Gasteiger charge is -2.50. The van der Waals surface area contributed by atoms with E-state index in [1.807, 2.05) is 0 Å². The number of nitro groups is 2. The molecule has 2 amide bonds. The van der Waals surface area contributed by atoms with Crippen molar-refractivity contribution >= 4 is 46.9 Å². The number of rotatable bonds is 13. The van der Waals surface area contributed by atoms with E-state index in [1.165, 1.54) is 56.3 Å². The maximum absolute atomic E-state index is 13.1. The topological polar surface area (TPSA) is 198 Å². The lowest BCUT2D eigenvalue weighted by molar-refractivity contribution is -0.386. The summed E-state index contributed by atoms with van der Waals surface area (Å²) in [6, 6.07) is 9.74. The van der Waals surface area contributed by atoms with Gasteiger partial charge in [-0.25, -0.2) is 9.59 Å². The quantitative estimate of drug-likeness (QED) is 0.0668. The zero-order valence-corrected chi connectivity index (χ0v) is 23.2. The van der Waals surface area contributed by atoms with Crippen LogP contribution in [0.15, 0.2) is 48.5 Å². The summed E-state index contributed by atoms with van der Waals surface area (Å²) in [5, 5.41) is 24.9. The van der Waals surface area contributed by atoms with Gasteiger partial charge in [-0.1, -0.05) is 35.9 Å². The fourth-order valence-electron chi connectivity index (χ4n) is 4.47. The van der Waals surface area contributed by atoms with Gasteiger partial charge in [0.2, 0.25) is 11.4 Å². The number of ether oxygens (including phenoxy) is 3. The lowest BCUT2D eigenvalue weighted by Crippen LogP contribution is -2.69. The van der Waals surface area contributed by atoms with E-state index in [4.69, 9.17) is 25.8 Å². The van der Waals surface area contributed by atoms with E-state index < -0.39 is 70.5 Å². The number of nitro benzene ring substituents is 2. The number of halogens is 1. The molecule has 2 aromatic carbocycles. The van der Waals surface area contributed by atoms with Crippen molar-refractivity contribution in [3.05, 3.63) is 79.9 Å². The highest BCUT2D eigenvalue weighted by Gasteiger charge is 2.54. The van der Waals surface area contributed by atoms with Gasteiger partial charge in [-0.2, -0.15) is 0 Å². The van der Waals surface area contributed by atoms with Crippen molar-refractivity contribution in [2.45, 2.75) is 51.1 Å². The Morgan fingerprint density at radius 3 is 2.00 bits per heavy atom. The molecule has 1 N–H and O–H groups in total. The van der Waals surface area contributed by atoms with Crippen molar-refractivity contribution in [2.75, 3.05) is 6.61 Å². The maximum atomic E-state index is 13.1. The molecular weight excluding hydrogens is 580 g/mol. The molecule has 0 saturated carbocycles. The summed E-state index contributed by atoms with van der Waals surface area (Å²) < 4.78 is 15.2. The summed E-state index contributed by atoms with van der Waals surface area (Å²) in [7, 11) is 0. The molecular formula is C26H27ClN4O11. The fraction of sp³-hybridized carbons (Fsp3) is 0.385. The molecule has 1 fully saturated rings. The average molecular weight is 607 g/mol. The van der Waals surface area contributed by atoms with Gasteiger partial charge in [0.15, 0.2) is 0 Å².